The standard InChI is InChI=1S/C20H20FN3O2.C2HF3O2/c1-13(25)16-8-7-15(9-17(16)21)18-10-20(24-12-23-18)22-11-19(26)14-5-3-2-4-6-14;3-2(4,5)1(6)7/h2-10,12-13,19,25-26H,11H2,1H3,(H,22,23,24);(H,6,7)/t13?,19-;/m0./s1. The first-order valence-electron chi connectivity index (χ1n) is 9.56. The Morgan fingerprint density at radius 1 is 1.06 bits per heavy atom. The van der Waals surface area contributed by atoms with Crippen molar-refractivity contribution < 1.29 is 37.7 Å². The van der Waals surface area contributed by atoms with Gasteiger partial charge in [0.05, 0.1) is 17.9 Å². The number of anilines is 1. The highest BCUT2D eigenvalue weighted by Crippen LogP contribution is 2.24. The van der Waals surface area contributed by atoms with Gasteiger partial charge in [-0.25, -0.2) is 19.2 Å². The van der Waals surface area contributed by atoms with E-state index >= 15 is 0 Å². The molecule has 3 rings (SSSR count). The number of aliphatic hydroxyl groups is 2. The number of aliphatic carboxylic acids is 1. The van der Waals surface area contributed by atoms with Gasteiger partial charge >= 0.3 is 12.1 Å². The largest absolute Gasteiger partial charge is 0.490 e. The number of aromatic nitrogens is 2. The Kier molecular flexibility index (Phi) is 8.83. The summed E-state index contributed by atoms with van der Waals surface area (Å²) in [5.74, 6) is -2.71. The number of hydrogen-bond acceptors (Lipinski definition) is 6. The van der Waals surface area contributed by atoms with Gasteiger partial charge in [0.1, 0.15) is 18.0 Å². The SMILES string of the molecule is CC(O)c1ccc(-c2cc(NC[C@H](O)c3ccccc3)ncn2)cc1F.O=C(O)C(F)(F)F. The summed E-state index contributed by atoms with van der Waals surface area (Å²) in [6, 6.07) is 15.6. The van der Waals surface area contributed by atoms with Crippen molar-refractivity contribution in [1.29, 1.82) is 0 Å². The van der Waals surface area contributed by atoms with E-state index in [-0.39, 0.29) is 12.1 Å². The lowest BCUT2D eigenvalue weighted by Gasteiger charge is -2.13. The molecule has 0 radical (unpaired) electrons. The highest BCUT2D eigenvalue weighted by molar-refractivity contribution is 5.73. The van der Waals surface area contributed by atoms with Gasteiger partial charge in [-0.15, -0.1) is 0 Å². The van der Waals surface area contributed by atoms with Crippen LogP contribution in [0.5, 0.6) is 0 Å². The van der Waals surface area contributed by atoms with Gasteiger partial charge < -0.3 is 20.6 Å². The Morgan fingerprint density at radius 2 is 1.70 bits per heavy atom. The van der Waals surface area contributed by atoms with Crippen LogP contribution in [-0.4, -0.2) is 44.0 Å². The quantitative estimate of drug-likeness (QED) is 0.403. The zero-order chi connectivity index (χ0) is 24.6. The molecule has 0 fully saturated rings. The first-order valence-corrected chi connectivity index (χ1v) is 9.56. The Balaban J connectivity index is 0.000000479. The zero-order valence-corrected chi connectivity index (χ0v) is 17.3. The Labute approximate surface area is 186 Å². The van der Waals surface area contributed by atoms with Crippen molar-refractivity contribution in [2.24, 2.45) is 0 Å². The molecule has 0 saturated carbocycles. The second kappa shape index (κ2) is 11.3. The average molecular weight is 467 g/mol. The van der Waals surface area contributed by atoms with Crippen molar-refractivity contribution in [2.45, 2.75) is 25.3 Å². The molecule has 0 saturated heterocycles. The predicted molar refractivity (Wildman–Crippen MR) is 112 cm³/mol. The van der Waals surface area contributed by atoms with Crippen LogP contribution >= 0.6 is 0 Å². The van der Waals surface area contributed by atoms with Crippen LogP contribution in [0.4, 0.5) is 23.4 Å². The molecule has 1 heterocycles. The fraction of sp³-hybridized carbons (Fsp3) is 0.227. The predicted octanol–water partition coefficient (Wildman–Crippen LogP) is 4.11. The van der Waals surface area contributed by atoms with Crippen LogP contribution in [0.25, 0.3) is 11.3 Å². The summed E-state index contributed by atoms with van der Waals surface area (Å²) in [7, 11) is 0. The minimum atomic E-state index is -5.08. The minimum absolute atomic E-state index is 0.243. The van der Waals surface area contributed by atoms with Crippen LogP contribution in [0.3, 0.4) is 0 Å². The number of halogens is 4. The summed E-state index contributed by atoms with van der Waals surface area (Å²) in [6.07, 6.45) is -5.24. The average Bonchev–Trinajstić information content (AvgIpc) is 2.77. The van der Waals surface area contributed by atoms with Gasteiger partial charge in [0.15, 0.2) is 0 Å². The zero-order valence-electron chi connectivity index (χ0n) is 17.3. The molecule has 0 aliphatic rings. The number of nitrogens with zero attached hydrogens (tertiary/aromatic N) is 2. The van der Waals surface area contributed by atoms with Crippen LogP contribution in [0.1, 0.15) is 30.3 Å². The van der Waals surface area contributed by atoms with Gasteiger partial charge in [0, 0.05) is 23.7 Å². The van der Waals surface area contributed by atoms with Gasteiger partial charge in [-0.2, -0.15) is 13.2 Å². The monoisotopic (exact) mass is 467 g/mol. The second-order valence-electron chi connectivity index (χ2n) is 6.81. The van der Waals surface area contributed by atoms with Crippen molar-refractivity contribution in [2.75, 3.05) is 11.9 Å². The first-order chi connectivity index (χ1) is 15.5. The number of hydrogen-bond donors (Lipinski definition) is 4. The van der Waals surface area contributed by atoms with E-state index in [4.69, 9.17) is 9.90 Å². The molecule has 0 aliphatic carbocycles. The van der Waals surface area contributed by atoms with Crippen LogP contribution in [0.15, 0.2) is 60.9 Å². The summed E-state index contributed by atoms with van der Waals surface area (Å²) in [5, 5.41) is 29.9. The van der Waals surface area contributed by atoms with Gasteiger partial charge in [-0.05, 0) is 18.6 Å². The first kappa shape index (κ1) is 25.7. The smallest absolute Gasteiger partial charge is 0.475 e. The Bertz CT molecular complexity index is 1060. The van der Waals surface area contributed by atoms with Gasteiger partial charge in [-0.3, -0.25) is 0 Å². The molecule has 0 bridgehead atoms. The molecule has 1 aromatic heterocycles. The summed E-state index contributed by atoms with van der Waals surface area (Å²) < 4.78 is 45.8. The van der Waals surface area contributed by atoms with E-state index in [1.165, 1.54) is 19.3 Å². The third kappa shape index (κ3) is 7.81. The summed E-state index contributed by atoms with van der Waals surface area (Å²) in [4.78, 5) is 17.2. The molecule has 176 valence electrons. The lowest BCUT2D eigenvalue weighted by Crippen LogP contribution is -2.21. The maximum Gasteiger partial charge on any atom is 0.490 e. The molecular formula is C22H21F4N3O4. The van der Waals surface area contributed by atoms with Gasteiger partial charge in [-0.1, -0.05) is 42.5 Å². The summed E-state index contributed by atoms with van der Waals surface area (Å²) in [5.41, 5.74) is 2.19. The van der Waals surface area contributed by atoms with E-state index in [0.717, 1.165) is 5.56 Å². The number of carboxylic acid groups (broad SMARTS) is 1. The molecule has 33 heavy (non-hydrogen) atoms. The molecule has 1 unspecified atom stereocenters. The number of aliphatic hydroxyl groups excluding tert-OH is 2. The van der Waals surface area contributed by atoms with Crippen LogP contribution in [-0.2, 0) is 4.79 Å². The fourth-order valence-electron chi connectivity index (χ4n) is 2.63. The lowest BCUT2D eigenvalue weighted by molar-refractivity contribution is -0.192. The maximum absolute atomic E-state index is 14.1. The number of rotatable bonds is 6. The van der Waals surface area contributed by atoms with Crippen molar-refractivity contribution in [3.8, 4) is 11.3 Å². The fourth-order valence-corrected chi connectivity index (χ4v) is 2.63. The number of carboxylic acids is 1. The number of carbonyl (C=O) groups is 1. The van der Waals surface area contributed by atoms with Crippen LogP contribution < -0.4 is 5.32 Å². The summed E-state index contributed by atoms with van der Waals surface area (Å²) in [6.45, 7) is 1.80. The highest BCUT2D eigenvalue weighted by Gasteiger charge is 2.38. The molecule has 0 amide bonds. The van der Waals surface area contributed by atoms with Gasteiger partial charge in [0.2, 0.25) is 0 Å². The molecule has 7 nitrogen and oxygen atoms in total. The van der Waals surface area contributed by atoms with Crippen LogP contribution in [0, 0.1) is 5.82 Å². The van der Waals surface area contributed by atoms with Crippen LogP contribution in [0.2, 0.25) is 0 Å². The molecule has 2 aromatic carbocycles. The third-order valence-corrected chi connectivity index (χ3v) is 4.32. The molecule has 4 N–H and O–H groups in total. The van der Waals surface area contributed by atoms with Crippen molar-refractivity contribution in [3.63, 3.8) is 0 Å². The van der Waals surface area contributed by atoms with E-state index in [2.05, 4.69) is 15.3 Å². The molecule has 2 atom stereocenters. The number of alkyl halides is 3. The Hall–Kier alpha value is -3.57. The number of nitrogens with one attached hydrogen (secondary N) is 1. The van der Waals surface area contributed by atoms with Crippen molar-refractivity contribution in [1.82, 2.24) is 9.97 Å². The van der Waals surface area contributed by atoms with E-state index < -0.39 is 30.2 Å². The molecule has 0 aliphatic heterocycles. The topological polar surface area (TPSA) is 116 Å². The molecule has 0 spiro atoms. The van der Waals surface area contributed by atoms with E-state index in [1.54, 1.807) is 18.2 Å². The molecular weight excluding hydrogens is 446 g/mol. The molecule has 11 heteroatoms. The second-order valence-corrected chi connectivity index (χ2v) is 6.81. The van der Waals surface area contributed by atoms with E-state index in [9.17, 15) is 27.8 Å². The van der Waals surface area contributed by atoms with Crippen molar-refractivity contribution >= 4 is 11.8 Å². The number of benzene rings is 2. The van der Waals surface area contributed by atoms with E-state index in [0.29, 0.717) is 17.1 Å². The Morgan fingerprint density at radius 3 is 2.24 bits per heavy atom. The third-order valence-electron chi connectivity index (χ3n) is 4.32. The lowest BCUT2D eigenvalue weighted by atomic mass is 10.0. The minimum Gasteiger partial charge on any atom is -0.475 e. The maximum atomic E-state index is 14.1. The highest BCUT2D eigenvalue weighted by atomic mass is 19.4. The normalized spacial score (nSPS) is 12.8. The molecule has 3 aromatic rings. The van der Waals surface area contributed by atoms with Crippen molar-refractivity contribution in [3.05, 3.63) is 77.9 Å². The summed E-state index contributed by atoms with van der Waals surface area (Å²) >= 11 is 0. The van der Waals surface area contributed by atoms with Gasteiger partial charge in [0.25, 0.3) is 0 Å². The van der Waals surface area contributed by atoms with E-state index in [1.807, 2.05) is 30.3 Å².